The van der Waals surface area contributed by atoms with Gasteiger partial charge >= 0.3 is 0 Å². The molecule has 0 saturated heterocycles. The normalized spacial score (nSPS) is 10.9. The van der Waals surface area contributed by atoms with Crippen molar-refractivity contribution in [2.24, 2.45) is 0 Å². The third-order valence-electron chi connectivity index (χ3n) is 2.94. The quantitative estimate of drug-likeness (QED) is 0.691. The topological polar surface area (TPSA) is 105 Å². The highest BCUT2D eigenvalue weighted by atomic mass is 35.5. The molecule has 2 aromatic heterocycles. The van der Waals surface area contributed by atoms with Gasteiger partial charge in [0, 0.05) is 10.7 Å². The van der Waals surface area contributed by atoms with Gasteiger partial charge < -0.3 is 5.32 Å². The number of aromatic nitrogens is 5. The van der Waals surface area contributed by atoms with Crippen molar-refractivity contribution < 1.29 is 4.79 Å². The van der Waals surface area contributed by atoms with Crippen LogP contribution in [0.1, 0.15) is 5.56 Å². The van der Waals surface area contributed by atoms with Crippen molar-refractivity contribution in [3.05, 3.63) is 45.3 Å². The molecule has 0 aliphatic carbocycles. The van der Waals surface area contributed by atoms with Gasteiger partial charge in [0.15, 0.2) is 0 Å². The zero-order valence-electron chi connectivity index (χ0n) is 11.9. The standard InChI is InChI=1S/C13H11ClN6O2S/c1-7-2-3-8(14)4-9(7)16-11(22)6-23-13-19-18-12-17-10(21)5-15-20(12)13/h2-5H,6H2,1H3,(H,16,22)(H,17,18,21). The summed E-state index contributed by atoms with van der Waals surface area (Å²) in [5, 5.41) is 15.3. The molecule has 2 heterocycles. The molecule has 0 unspecified atom stereocenters. The molecule has 0 radical (unpaired) electrons. The Labute approximate surface area is 139 Å². The van der Waals surface area contributed by atoms with Crippen LogP contribution in [0, 0.1) is 6.92 Å². The van der Waals surface area contributed by atoms with E-state index in [1.165, 1.54) is 4.52 Å². The van der Waals surface area contributed by atoms with Gasteiger partial charge in [-0.1, -0.05) is 29.4 Å². The minimum absolute atomic E-state index is 0.119. The maximum Gasteiger partial charge on any atom is 0.271 e. The fourth-order valence-corrected chi connectivity index (χ4v) is 2.69. The Balaban J connectivity index is 1.68. The van der Waals surface area contributed by atoms with Crippen LogP contribution in [-0.4, -0.2) is 36.5 Å². The second-order valence-electron chi connectivity index (χ2n) is 4.65. The molecular weight excluding hydrogens is 340 g/mol. The molecule has 8 nitrogen and oxygen atoms in total. The largest absolute Gasteiger partial charge is 0.325 e. The molecule has 118 valence electrons. The fraction of sp³-hybridized carbons (Fsp3) is 0.154. The second kappa shape index (κ2) is 6.39. The maximum absolute atomic E-state index is 12.1. The summed E-state index contributed by atoms with van der Waals surface area (Å²) in [5.41, 5.74) is 1.22. The van der Waals surface area contributed by atoms with E-state index in [4.69, 9.17) is 11.6 Å². The van der Waals surface area contributed by atoms with E-state index in [9.17, 15) is 9.59 Å². The van der Waals surface area contributed by atoms with Crippen LogP contribution in [0.3, 0.4) is 0 Å². The number of hydrogen-bond acceptors (Lipinski definition) is 6. The predicted molar refractivity (Wildman–Crippen MR) is 86.9 cm³/mol. The Morgan fingerprint density at radius 3 is 3.09 bits per heavy atom. The lowest BCUT2D eigenvalue weighted by Gasteiger charge is -2.08. The van der Waals surface area contributed by atoms with Gasteiger partial charge in [-0.2, -0.15) is 9.61 Å². The van der Waals surface area contributed by atoms with Gasteiger partial charge in [-0.3, -0.25) is 14.6 Å². The van der Waals surface area contributed by atoms with Crippen LogP contribution in [0.4, 0.5) is 5.69 Å². The van der Waals surface area contributed by atoms with E-state index in [-0.39, 0.29) is 23.0 Å². The number of rotatable bonds is 4. The van der Waals surface area contributed by atoms with Crippen molar-refractivity contribution in [1.82, 2.24) is 24.8 Å². The van der Waals surface area contributed by atoms with E-state index in [0.29, 0.717) is 15.9 Å². The summed E-state index contributed by atoms with van der Waals surface area (Å²) in [7, 11) is 0. The first-order valence-corrected chi connectivity index (χ1v) is 7.89. The van der Waals surface area contributed by atoms with Crippen LogP contribution in [0.2, 0.25) is 5.02 Å². The van der Waals surface area contributed by atoms with Crippen molar-refractivity contribution in [3.8, 4) is 0 Å². The first-order valence-electron chi connectivity index (χ1n) is 6.52. The first kappa shape index (κ1) is 15.5. The van der Waals surface area contributed by atoms with Crippen LogP contribution in [0.5, 0.6) is 0 Å². The van der Waals surface area contributed by atoms with Crippen molar-refractivity contribution in [2.45, 2.75) is 12.1 Å². The molecule has 0 fully saturated rings. The number of halogens is 1. The summed E-state index contributed by atoms with van der Waals surface area (Å²) in [5.74, 6) is 0.140. The Morgan fingerprint density at radius 2 is 2.26 bits per heavy atom. The van der Waals surface area contributed by atoms with E-state index in [1.807, 2.05) is 13.0 Å². The van der Waals surface area contributed by atoms with Gasteiger partial charge in [-0.05, 0) is 24.6 Å². The van der Waals surface area contributed by atoms with Gasteiger partial charge in [0.05, 0.1) is 5.75 Å². The lowest BCUT2D eigenvalue weighted by molar-refractivity contribution is -0.113. The van der Waals surface area contributed by atoms with Gasteiger partial charge in [-0.15, -0.1) is 10.2 Å². The zero-order chi connectivity index (χ0) is 16.4. The van der Waals surface area contributed by atoms with Crippen LogP contribution in [-0.2, 0) is 4.79 Å². The number of aryl methyl sites for hydroxylation is 1. The molecule has 0 bridgehead atoms. The summed E-state index contributed by atoms with van der Waals surface area (Å²) in [6.45, 7) is 1.88. The Kier molecular flexibility index (Phi) is 4.30. The number of amides is 1. The summed E-state index contributed by atoms with van der Waals surface area (Å²) in [4.78, 5) is 25.7. The first-order chi connectivity index (χ1) is 11.0. The highest BCUT2D eigenvalue weighted by Crippen LogP contribution is 2.21. The van der Waals surface area contributed by atoms with Crippen LogP contribution >= 0.6 is 23.4 Å². The highest BCUT2D eigenvalue weighted by Gasteiger charge is 2.11. The Bertz CT molecular complexity index is 938. The molecule has 2 N–H and O–H groups in total. The third-order valence-corrected chi connectivity index (χ3v) is 4.10. The molecule has 0 atom stereocenters. The van der Waals surface area contributed by atoms with Gasteiger partial charge in [0.1, 0.15) is 6.20 Å². The third kappa shape index (κ3) is 3.51. The maximum atomic E-state index is 12.1. The number of carbonyl (C=O) groups excluding carboxylic acids is 1. The monoisotopic (exact) mass is 350 g/mol. The highest BCUT2D eigenvalue weighted by molar-refractivity contribution is 7.99. The SMILES string of the molecule is Cc1ccc(Cl)cc1NC(=O)CSc1nnc2[nH]c(=O)cnn12. The van der Waals surface area contributed by atoms with Gasteiger partial charge in [0.25, 0.3) is 11.3 Å². The summed E-state index contributed by atoms with van der Waals surface area (Å²) in [6.07, 6.45) is 1.12. The molecule has 0 spiro atoms. The summed E-state index contributed by atoms with van der Waals surface area (Å²) >= 11 is 7.08. The summed E-state index contributed by atoms with van der Waals surface area (Å²) < 4.78 is 1.37. The predicted octanol–water partition coefficient (Wildman–Crippen LogP) is 1.51. The number of carbonyl (C=O) groups is 1. The van der Waals surface area contributed by atoms with Crippen LogP contribution in [0.25, 0.3) is 5.78 Å². The van der Waals surface area contributed by atoms with Crippen molar-refractivity contribution >= 4 is 40.7 Å². The number of hydrogen-bond donors (Lipinski definition) is 2. The zero-order valence-corrected chi connectivity index (χ0v) is 13.5. The van der Waals surface area contributed by atoms with Gasteiger partial charge in [0.2, 0.25) is 11.1 Å². The Hall–Kier alpha value is -2.39. The van der Waals surface area contributed by atoms with Crippen molar-refractivity contribution in [2.75, 3.05) is 11.1 Å². The van der Waals surface area contributed by atoms with Crippen LogP contribution in [0.15, 0.2) is 34.3 Å². The molecule has 1 amide bonds. The van der Waals surface area contributed by atoms with Gasteiger partial charge in [-0.25, -0.2) is 0 Å². The van der Waals surface area contributed by atoms with E-state index < -0.39 is 0 Å². The van der Waals surface area contributed by atoms with Crippen molar-refractivity contribution in [3.63, 3.8) is 0 Å². The number of benzene rings is 1. The molecular formula is C13H11ClN6O2S. The average molecular weight is 351 g/mol. The number of anilines is 1. The molecule has 3 aromatic rings. The number of fused-ring (bicyclic) bond motifs is 1. The molecule has 23 heavy (non-hydrogen) atoms. The molecule has 1 aromatic carbocycles. The molecule has 0 aliphatic heterocycles. The number of nitrogens with one attached hydrogen (secondary N) is 2. The molecule has 3 rings (SSSR count). The molecule has 10 heteroatoms. The lowest BCUT2D eigenvalue weighted by Crippen LogP contribution is -2.15. The summed E-state index contributed by atoms with van der Waals surface area (Å²) in [6, 6.07) is 5.28. The minimum Gasteiger partial charge on any atom is -0.325 e. The Morgan fingerprint density at radius 1 is 1.43 bits per heavy atom. The van der Waals surface area contributed by atoms with E-state index in [1.54, 1.807) is 12.1 Å². The number of nitrogens with zero attached hydrogens (tertiary/aromatic N) is 4. The molecule has 0 saturated carbocycles. The number of aromatic amines is 1. The van der Waals surface area contributed by atoms with E-state index in [0.717, 1.165) is 23.5 Å². The minimum atomic E-state index is -0.365. The fourth-order valence-electron chi connectivity index (χ4n) is 1.84. The number of thioether (sulfide) groups is 1. The lowest BCUT2D eigenvalue weighted by atomic mass is 10.2. The average Bonchev–Trinajstić information content (AvgIpc) is 2.91. The smallest absolute Gasteiger partial charge is 0.271 e. The van der Waals surface area contributed by atoms with Crippen LogP contribution < -0.4 is 10.9 Å². The van der Waals surface area contributed by atoms with E-state index >= 15 is 0 Å². The van der Waals surface area contributed by atoms with E-state index in [2.05, 4.69) is 25.6 Å². The number of H-pyrrole nitrogens is 1. The molecule has 0 aliphatic rings. The second-order valence-corrected chi connectivity index (χ2v) is 6.03. The van der Waals surface area contributed by atoms with Crippen molar-refractivity contribution in [1.29, 1.82) is 0 Å².